The van der Waals surface area contributed by atoms with Crippen LogP contribution in [0.15, 0.2) is 83.7 Å². The fraction of sp³-hybridized carbons (Fsp3) is 0.257. The average molecular weight is 607 g/mol. The lowest BCUT2D eigenvalue weighted by atomic mass is 9.83. The molecule has 2 bridgehead atoms. The summed E-state index contributed by atoms with van der Waals surface area (Å²) >= 11 is 0. The summed E-state index contributed by atoms with van der Waals surface area (Å²) in [5.74, 6) is 0.456. The molecule has 3 heterocycles. The predicted octanol–water partition coefficient (Wildman–Crippen LogP) is 5.20. The number of hydrogen-bond acceptors (Lipinski definition) is 7. The Morgan fingerprint density at radius 1 is 0.756 bits per heavy atom. The van der Waals surface area contributed by atoms with Gasteiger partial charge in [-0.1, -0.05) is 18.2 Å². The maximum atomic E-state index is 13.6. The molecule has 2 amide bonds. The molecule has 0 radical (unpaired) electrons. The van der Waals surface area contributed by atoms with Crippen molar-refractivity contribution in [3.8, 4) is 11.5 Å². The van der Waals surface area contributed by atoms with Crippen LogP contribution in [-0.4, -0.2) is 49.5 Å². The van der Waals surface area contributed by atoms with Gasteiger partial charge in [0.15, 0.2) is 5.78 Å². The zero-order chi connectivity index (χ0) is 31.7. The summed E-state index contributed by atoms with van der Waals surface area (Å²) in [5.41, 5.74) is 3.92. The maximum Gasteiger partial charge on any atom is 0.255 e. The number of carbonyl (C=O) groups excluding carboxylic acids is 3. The molecule has 10 heteroatoms. The van der Waals surface area contributed by atoms with Crippen LogP contribution in [0.4, 0.5) is 17.1 Å². The second kappa shape index (κ2) is 12.3. The first-order valence-electron chi connectivity index (χ1n) is 14.8. The highest BCUT2D eigenvalue weighted by Crippen LogP contribution is 2.39. The zero-order valence-electron chi connectivity index (χ0n) is 25.3. The van der Waals surface area contributed by atoms with E-state index in [0.717, 1.165) is 17.8 Å². The predicted molar refractivity (Wildman–Crippen MR) is 172 cm³/mol. The number of rotatable bonds is 8. The van der Waals surface area contributed by atoms with E-state index in [-0.39, 0.29) is 29.1 Å². The Labute approximate surface area is 260 Å². The minimum Gasteiger partial charge on any atom is -0.497 e. The minimum atomic E-state index is -0.394. The number of aromatic nitrogens is 1. The summed E-state index contributed by atoms with van der Waals surface area (Å²) in [6.45, 7) is 3.45. The van der Waals surface area contributed by atoms with E-state index in [1.807, 2.05) is 16.7 Å². The molecule has 2 aliphatic heterocycles. The minimum absolute atomic E-state index is 0.0153. The molecule has 2 atom stereocenters. The van der Waals surface area contributed by atoms with Crippen LogP contribution < -0.4 is 30.6 Å². The summed E-state index contributed by atoms with van der Waals surface area (Å²) in [7, 11) is 3.03. The molecular weight excluding hydrogens is 572 g/mol. The van der Waals surface area contributed by atoms with E-state index in [2.05, 4.69) is 15.5 Å². The van der Waals surface area contributed by atoms with Gasteiger partial charge in [0.05, 0.1) is 25.6 Å². The number of amides is 2. The number of benzene rings is 3. The van der Waals surface area contributed by atoms with Crippen molar-refractivity contribution in [1.82, 2.24) is 4.57 Å². The lowest BCUT2D eigenvalue weighted by Crippen LogP contribution is -2.47. The molecule has 0 aliphatic carbocycles. The highest BCUT2D eigenvalue weighted by Gasteiger charge is 2.35. The van der Waals surface area contributed by atoms with Crippen LogP contribution in [0.25, 0.3) is 0 Å². The van der Waals surface area contributed by atoms with Crippen molar-refractivity contribution in [3.63, 3.8) is 0 Å². The van der Waals surface area contributed by atoms with Gasteiger partial charge in [-0.3, -0.25) is 19.2 Å². The van der Waals surface area contributed by atoms with Crippen molar-refractivity contribution in [2.24, 2.45) is 5.92 Å². The zero-order valence-corrected chi connectivity index (χ0v) is 25.3. The quantitative estimate of drug-likeness (QED) is 0.265. The van der Waals surface area contributed by atoms with Gasteiger partial charge >= 0.3 is 0 Å². The number of Topliss-reactive ketones (excluding diaryl/α,β-unsaturated/α-hetero) is 1. The SMILES string of the molecule is COc1cc(OC)cc(C(=O)Nc2cc(C(=O)Nc3cccc(C(C)=O)c3)ccc2N2C[C@H]3C[C@@H](C2)c2cccc(=O)n2C3)c1. The van der Waals surface area contributed by atoms with E-state index >= 15 is 0 Å². The number of ketones is 1. The van der Waals surface area contributed by atoms with Crippen LogP contribution in [0.3, 0.4) is 0 Å². The van der Waals surface area contributed by atoms with Gasteiger partial charge in [0, 0.05) is 65.8 Å². The average Bonchev–Trinajstić information content (AvgIpc) is 3.05. The van der Waals surface area contributed by atoms with E-state index in [1.165, 1.54) is 21.1 Å². The van der Waals surface area contributed by atoms with Crippen molar-refractivity contribution in [3.05, 3.63) is 112 Å². The molecule has 0 spiro atoms. The highest BCUT2D eigenvalue weighted by atomic mass is 16.5. The lowest BCUT2D eigenvalue weighted by molar-refractivity contribution is 0.101. The molecule has 1 aromatic heterocycles. The molecule has 230 valence electrons. The fourth-order valence-corrected chi connectivity index (χ4v) is 6.30. The molecular formula is C35H34N4O6. The summed E-state index contributed by atoms with van der Waals surface area (Å²) in [6.07, 6.45) is 0.977. The van der Waals surface area contributed by atoms with E-state index in [4.69, 9.17) is 9.47 Å². The number of carbonyl (C=O) groups is 3. The summed E-state index contributed by atoms with van der Waals surface area (Å²) in [4.78, 5) is 53.7. The number of methoxy groups -OCH3 is 2. The number of anilines is 3. The van der Waals surface area contributed by atoms with Gasteiger partial charge in [-0.25, -0.2) is 0 Å². The summed E-state index contributed by atoms with van der Waals surface area (Å²) < 4.78 is 12.6. The van der Waals surface area contributed by atoms with Crippen molar-refractivity contribution >= 4 is 34.7 Å². The molecule has 6 rings (SSSR count). The van der Waals surface area contributed by atoms with Gasteiger partial charge in [0.1, 0.15) is 11.5 Å². The van der Waals surface area contributed by atoms with Crippen molar-refractivity contribution in [1.29, 1.82) is 0 Å². The molecule has 3 aromatic carbocycles. The van der Waals surface area contributed by atoms with Gasteiger partial charge in [0.2, 0.25) is 0 Å². The second-order valence-corrected chi connectivity index (χ2v) is 11.5. The smallest absolute Gasteiger partial charge is 0.255 e. The van der Waals surface area contributed by atoms with Crippen LogP contribution in [0.2, 0.25) is 0 Å². The Hall–Kier alpha value is -5.38. The van der Waals surface area contributed by atoms with E-state index in [0.29, 0.717) is 59.2 Å². The Kier molecular flexibility index (Phi) is 8.12. The van der Waals surface area contributed by atoms with Crippen molar-refractivity contribution in [2.75, 3.05) is 42.8 Å². The molecule has 2 N–H and O–H groups in total. The number of nitrogens with zero attached hydrogens (tertiary/aromatic N) is 2. The van der Waals surface area contributed by atoms with Crippen molar-refractivity contribution in [2.45, 2.75) is 25.8 Å². The van der Waals surface area contributed by atoms with E-state index < -0.39 is 5.91 Å². The third-order valence-electron chi connectivity index (χ3n) is 8.47. The summed E-state index contributed by atoms with van der Waals surface area (Å²) in [6, 6.07) is 22.3. The maximum absolute atomic E-state index is 13.6. The van der Waals surface area contributed by atoms with Gasteiger partial charge < -0.3 is 29.6 Å². The topological polar surface area (TPSA) is 119 Å². The molecule has 0 saturated carbocycles. The number of nitrogens with one attached hydrogen (secondary N) is 2. The second-order valence-electron chi connectivity index (χ2n) is 11.5. The van der Waals surface area contributed by atoms with Crippen LogP contribution in [0.5, 0.6) is 11.5 Å². The molecule has 4 aromatic rings. The van der Waals surface area contributed by atoms with Crippen LogP contribution in [0.1, 0.15) is 56.0 Å². The van der Waals surface area contributed by atoms with Gasteiger partial charge in [-0.05, 0) is 67.8 Å². The monoisotopic (exact) mass is 606 g/mol. The molecule has 45 heavy (non-hydrogen) atoms. The Balaban J connectivity index is 1.34. The lowest BCUT2D eigenvalue weighted by Gasteiger charge is -2.44. The first-order valence-corrected chi connectivity index (χ1v) is 14.8. The number of piperidine rings is 1. The first-order chi connectivity index (χ1) is 21.7. The first kappa shape index (κ1) is 29.7. The van der Waals surface area contributed by atoms with Gasteiger partial charge in [-0.2, -0.15) is 0 Å². The Morgan fingerprint density at radius 3 is 2.22 bits per heavy atom. The van der Waals surface area contributed by atoms with Gasteiger partial charge in [-0.15, -0.1) is 0 Å². The van der Waals surface area contributed by atoms with Crippen LogP contribution >= 0.6 is 0 Å². The fourth-order valence-electron chi connectivity index (χ4n) is 6.30. The highest BCUT2D eigenvalue weighted by molar-refractivity contribution is 6.09. The number of pyridine rings is 1. The summed E-state index contributed by atoms with van der Waals surface area (Å²) in [5, 5.41) is 5.89. The number of fused-ring (bicyclic) bond motifs is 4. The largest absolute Gasteiger partial charge is 0.497 e. The third kappa shape index (κ3) is 6.17. The third-order valence-corrected chi connectivity index (χ3v) is 8.47. The van der Waals surface area contributed by atoms with E-state index in [1.54, 1.807) is 66.7 Å². The number of hydrogen-bond donors (Lipinski definition) is 2. The van der Waals surface area contributed by atoms with E-state index in [9.17, 15) is 19.2 Å². The normalized spacial score (nSPS) is 16.7. The molecule has 10 nitrogen and oxygen atoms in total. The molecule has 1 saturated heterocycles. The van der Waals surface area contributed by atoms with Crippen LogP contribution in [-0.2, 0) is 6.54 Å². The standard InChI is InChI=1S/C35H34N4O6/c1-21(40)23-6-4-7-27(13-23)36-34(42)24-10-11-32(30(16-24)37-35(43)25-14-28(44-2)17-29(15-25)45-3)38-18-22-12-26(20-38)31-8-5-9-33(41)39(31)19-22/h4-11,13-17,22,26H,12,18-20H2,1-3H3,(H,36,42)(H,37,43)/t22-,26+/m1/s1. The molecule has 2 aliphatic rings. The van der Waals surface area contributed by atoms with Crippen LogP contribution in [0, 0.1) is 5.92 Å². The number of ether oxygens (including phenoxy) is 2. The van der Waals surface area contributed by atoms with Crippen molar-refractivity contribution < 1.29 is 23.9 Å². The molecule has 0 unspecified atom stereocenters. The molecule has 1 fully saturated rings. The van der Waals surface area contributed by atoms with Gasteiger partial charge in [0.25, 0.3) is 17.4 Å². The Morgan fingerprint density at radius 2 is 1.49 bits per heavy atom. The Bertz CT molecular complexity index is 1840.